The number of nitrogens with zero attached hydrogens (tertiary/aromatic N) is 1. The number of carbonyl (C=O) groups is 2. The molecule has 132 valence electrons. The fraction of sp³-hybridized carbons (Fsp3) is 0.389. The summed E-state index contributed by atoms with van der Waals surface area (Å²) in [7, 11) is 0. The molecule has 2 N–H and O–H groups in total. The molecule has 3 rings (SSSR count). The second-order valence-corrected chi connectivity index (χ2v) is 7.13. The van der Waals surface area contributed by atoms with Gasteiger partial charge in [0.05, 0.1) is 11.4 Å². The van der Waals surface area contributed by atoms with Crippen molar-refractivity contribution in [1.82, 2.24) is 10.3 Å². The predicted molar refractivity (Wildman–Crippen MR) is 95.0 cm³/mol. The molecule has 1 heterocycles. The van der Waals surface area contributed by atoms with Crippen molar-refractivity contribution >= 4 is 23.6 Å². The van der Waals surface area contributed by atoms with Crippen molar-refractivity contribution in [1.29, 1.82) is 0 Å². The summed E-state index contributed by atoms with van der Waals surface area (Å²) in [6.07, 6.45) is 4.23. The zero-order valence-electron chi connectivity index (χ0n) is 13.7. The summed E-state index contributed by atoms with van der Waals surface area (Å²) >= 11 is 1.38. The van der Waals surface area contributed by atoms with Gasteiger partial charge in [-0.1, -0.05) is 31.0 Å². The van der Waals surface area contributed by atoms with Crippen LogP contribution in [0.1, 0.15) is 25.0 Å². The van der Waals surface area contributed by atoms with Crippen molar-refractivity contribution in [2.24, 2.45) is 5.92 Å². The second-order valence-electron chi connectivity index (χ2n) is 6.14. The first-order valence-corrected chi connectivity index (χ1v) is 9.37. The van der Waals surface area contributed by atoms with Gasteiger partial charge in [-0.15, -0.1) is 11.8 Å². The summed E-state index contributed by atoms with van der Waals surface area (Å²) < 4.78 is 5.45. The van der Waals surface area contributed by atoms with Crippen LogP contribution in [0.25, 0.3) is 11.5 Å². The number of aromatic nitrogens is 1. The maximum atomic E-state index is 11.9. The molecule has 1 aromatic heterocycles. The number of carboxylic acids is 1. The Balaban J connectivity index is 1.43. The summed E-state index contributed by atoms with van der Waals surface area (Å²) in [5.41, 5.74) is 1.66. The Kier molecular flexibility index (Phi) is 5.75. The van der Waals surface area contributed by atoms with Gasteiger partial charge in [0.1, 0.15) is 12.3 Å². The minimum atomic E-state index is -0.964. The van der Waals surface area contributed by atoms with Crippen LogP contribution in [-0.4, -0.2) is 33.8 Å². The van der Waals surface area contributed by atoms with Crippen LogP contribution in [0.3, 0.4) is 0 Å². The standard InChI is InChI=1S/C18H20N2O4S/c21-16(20-15(18(22)23)8-12-6-7-12)11-25-10-14-9-24-17(19-14)13-4-2-1-3-5-13/h1-5,9,12,15H,6-8,10-11H2,(H,20,21)(H,22,23). The summed E-state index contributed by atoms with van der Waals surface area (Å²) in [5, 5.41) is 11.8. The molecule has 25 heavy (non-hydrogen) atoms. The number of carbonyl (C=O) groups excluding carboxylic acids is 1. The smallest absolute Gasteiger partial charge is 0.326 e. The lowest BCUT2D eigenvalue weighted by Gasteiger charge is -2.13. The molecule has 0 aliphatic heterocycles. The van der Waals surface area contributed by atoms with E-state index < -0.39 is 12.0 Å². The van der Waals surface area contributed by atoms with Crippen molar-refractivity contribution in [3.05, 3.63) is 42.3 Å². The topological polar surface area (TPSA) is 92.4 Å². The Bertz CT molecular complexity index is 728. The lowest BCUT2D eigenvalue weighted by molar-refractivity contribution is -0.141. The molecule has 1 amide bonds. The van der Waals surface area contributed by atoms with Crippen LogP contribution < -0.4 is 5.32 Å². The van der Waals surface area contributed by atoms with Gasteiger partial charge >= 0.3 is 5.97 Å². The van der Waals surface area contributed by atoms with Gasteiger partial charge in [0.2, 0.25) is 11.8 Å². The number of oxazole rings is 1. The lowest BCUT2D eigenvalue weighted by Crippen LogP contribution is -2.42. The van der Waals surface area contributed by atoms with Crippen molar-refractivity contribution in [2.75, 3.05) is 5.75 Å². The molecule has 1 atom stereocenters. The first-order valence-electron chi connectivity index (χ1n) is 8.21. The Morgan fingerprint density at radius 2 is 2.08 bits per heavy atom. The SMILES string of the molecule is O=C(CSCc1coc(-c2ccccc2)n1)NC(CC1CC1)C(=O)O. The number of benzene rings is 1. The quantitative estimate of drug-likeness (QED) is 0.714. The first kappa shape index (κ1) is 17.5. The molecule has 0 saturated heterocycles. The van der Waals surface area contributed by atoms with E-state index in [0.29, 0.717) is 24.0 Å². The van der Waals surface area contributed by atoms with Gasteiger partial charge in [-0.25, -0.2) is 9.78 Å². The molecule has 0 spiro atoms. The molecular weight excluding hydrogens is 340 g/mol. The van der Waals surface area contributed by atoms with Gasteiger partial charge in [0.25, 0.3) is 0 Å². The molecule has 2 aromatic rings. The highest BCUT2D eigenvalue weighted by Crippen LogP contribution is 2.33. The lowest BCUT2D eigenvalue weighted by atomic mass is 10.1. The molecule has 7 heteroatoms. The zero-order valence-corrected chi connectivity index (χ0v) is 14.5. The fourth-order valence-corrected chi connectivity index (χ4v) is 3.19. The molecule has 1 fully saturated rings. The second kappa shape index (κ2) is 8.20. The van der Waals surface area contributed by atoms with Crippen molar-refractivity contribution in [3.63, 3.8) is 0 Å². The maximum Gasteiger partial charge on any atom is 0.326 e. The fourth-order valence-electron chi connectivity index (χ4n) is 2.48. The highest BCUT2D eigenvalue weighted by Gasteiger charge is 2.30. The molecule has 0 bridgehead atoms. The molecule has 1 unspecified atom stereocenters. The summed E-state index contributed by atoms with van der Waals surface area (Å²) in [4.78, 5) is 27.5. The van der Waals surface area contributed by atoms with Crippen molar-refractivity contribution < 1.29 is 19.1 Å². The van der Waals surface area contributed by atoms with Crippen LogP contribution in [0.15, 0.2) is 41.0 Å². The molecule has 1 saturated carbocycles. The minimum absolute atomic E-state index is 0.196. The molecule has 1 aromatic carbocycles. The number of carboxylic acid groups (broad SMARTS) is 1. The molecule has 1 aliphatic carbocycles. The highest BCUT2D eigenvalue weighted by molar-refractivity contribution is 7.99. The summed E-state index contributed by atoms with van der Waals surface area (Å²) in [6.45, 7) is 0. The minimum Gasteiger partial charge on any atom is -0.480 e. The third-order valence-electron chi connectivity index (χ3n) is 3.95. The number of rotatable bonds is 9. The van der Waals surface area contributed by atoms with Gasteiger partial charge in [0.15, 0.2) is 0 Å². The third-order valence-corrected chi connectivity index (χ3v) is 4.92. The molecule has 0 radical (unpaired) electrons. The van der Waals surface area contributed by atoms with Crippen LogP contribution in [0.5, 0.6) is 0 Å². The highest BCUT2D eigenvalue weighted by atomic mass is 32.2. The summed E-state index contributed by atoms with van der Waals surface area (Å²) in [6, 6.07) is 8.81. The average Bonchev–Trinajstić information content (AvgIpc) is 3.30. The Hall–Kier alpha value is -2.28. The van der Waals surface area contributed by atoms with Crippen LogP contribution >= 0.6 is 11.8 Å². The van der Waals surface area contributed by atoms with E-state index in [2.05, 4.69) is 10.3 Å². The molecular formula is C18H20N2O4S. The Morgan fingerprint density at radius 1 is 1.32 bits per heavy atom. The van der Waals surface area contributed by atoms with E-state index in [9.17, 15) is 9.59 Å². The molecule has 1 aliphatic rings. The van der Waals surface area contributed by atoms with E-state index in [-0.39, 0.29) is 11.7 Å². The summed E-state index contributed by atoms with van der Waals surface area (Å²) in [5.74, 6) is 0.502. The average molecular weight is 360 g/mol. The van der Waals surface area contributed by atoms with E-state index in [1.807, 2.05) is 30.3 Å². The van der Waals surface area contributed by atoms with E-state index >= 15 is 0 Å². The van der Waals surface area contributed by atoms with Crippen LogP contribution in [0.2, 0.25) is 0 Å². The Morgan fingerprint density at radius 3 is 2.76 bits per heavy atom. The number of hydrogen-bond acceptors (Lipinski definition) is 5. The van der Waals surface area contributed by atoms with Crippen LogP contribution in [-0.2, 0) is 15.3 Å². The number of nitrogens with one attached hydrogen (secondary N) is 1. The van der Waals surface area contributed by atoms with Gasteiger partial charge in [-0.2, -0.15) is 0 Å². The maximum absolute atomic E-state index is 11.9. The zero-order chi connectivity index (χ0) is 17.6. The third kappa shape index (κ3) is 5.35. The molecule has 6 nitrogen and oxygen atoms in total. The largest absolute Gasteiger partial charge is 0.480 e. The predicted octanol–water partition coefficient (Wildman–Crippen LogP) is 2.94. The van der Waals surface area contributed by atoms with Crippen LogP contribution in [0, 0.1) is 5.92 Å². The van der Waals surface area contributed by atoms with E-state index in [1.165, 1.54) is 11.8 Å². The van der Waals surface area contributed by atoms with Gasteiger partial charge in [0, 0.05) is 11.3 Å². The first-order chi connectivity index (χ1) is 12.1. The monoisotopic (exact) mass is 360 g/mol. The normalized spacial score (nSPS) is 14.9. The van der Waals surface area contributed by atoms with Gasteiger partial charge in [-0.3, -0.25) is 4.79 Å². The number of thioether (sulfide) groups is 1. The van der Waals surface area contributed by atoms with Crippen molar-refractivity contribution in [2.45, 2.75) is 31.1 Å². The van der Waals surface area contributed by atoms with Crippen molar-refractivity contribution in [3.8, 4) is 11.5 Å². The van der Waals surface area contributed by atoms with E-state index in [0.717, 1.165) is 24.1 Å². The number of hydrogen-bond donors (Lipinski definition) is 2. The number of aliphatic carboxylic acids is 1. The van der Waals surface area contributed by atoms with Gasteiger partial charge < -0.3 is 14.8 Å². The van der Waals surface area contributed by atoms with Gasteiger partial charge in [-0.05, 0) is 24.5 Å². The van der Waals surface area contributed by atoms with E-state index in [1.54, 1.807) is 6.26 Å². The number of amides is 1. The van der Waals surface area contributed by atoms with Crippen LogP contribution in [0.4, 0.5) is 0 Å². The van der Waals surface area contributed by atoms with E-state index in [4.69, 9.17) is 9.52 Å². The Labute approximate surface area is 150 Å².